The maximum Gasteiger partial charge on any atom is 0.310 e. The van der Waals surface area contributed by atoms with Gasteiger partial charge in [-0.3, -0.25) is 4.79 Å². The Bertz CT molecular complexity index is 405. The smallest absolute Gasteiger partial charge is 0.310 e. The van der Waals surface area contributed by atoms with Gasteiger partial charge >= 0.3 is 5.97 Å². The van der Waals surface area contributed by atoms with Gasteiger partial charge in [-0.1, -0.05) is 27.2 Å². The summed E-state index contributed by atoms with van der Waals surface area (Å²) in [5.74, 6) is -0.699. The van der Waals surface area contributed by atoms with E-state index in [1.165, 1.54) is 7.11 Å². The van der Waals surface area contributed by atoms with Crippen LogP contribution < -0.4 is 4.72 Å². The quantitative estimate of drug-likeness (QED) is 0.756. The third kappa shape index (κ3) is 3.92. The van der Waals surface area contributed by atoms with Gasteiger partial charge in [-0.2, -0.15) is 0 Å². The van der Waals surface area contributed by atoms with Gasteiger partial charge in [-0.15, -0.1) is 0 Å². The van der Waals surface area contributed by atoms with E-state index in [1.807, 2.05) is 20.8 Å². The van der Waals surface area contributed by atoms with Crippen molar-refractivity contribution in [1.82, 2.24) is 4.72 Å². The normalized spacial score (nSPS) is 25.5. The first-order valence-electron chi connectivity index (χ1n) is 6.92. The molecule has 1 rings (SSSR count). The fourth-order valence-corrected chi connectivity index (χ4v) is 4.90. The van der Waals surface area contributed by atoms with Crippen LogP contribution in [0, 0.1) is 11.8 Å². The van der Waals surface area contributed by atoms with E-state index in [4.69, 9.17) is 4.74 Å². The molecule has 1 N–H and O–H groups in total. The van der Waals surface area contributed by atoms with Gasteiger partial charge in [0.2, 0.25) is 10.0 Å². The minimum atomic E-state index is -3.47. The molecule has 0 spiro atoms. The summed E-state index contributed by atoms with van der Waals surface area (Å²) in [6, 6.07) is -0.0797. The largest absolute Gasteiger partial charge is 0.469 e. The molecule has 0 aromatic carbocycles. The zero-order chi connectivity index (χ0) is 14.6. The Morgan fingerprint density at radius 1 is 1.37 bits per heavy atom. The highest BCUT2D eigenvalue weighted by Crippen LogP contribution is 2.32. The van der Waals surface area contributed by atoms with Crippen molar-refractivity contribution in [3.63, 3.8) is 0 Å². The van der Waals surface area contributed by atoms with E-state index in [9.17, 15) is 13.2 Å². The van der Waals surface area contributed by atoms with E-state index in [2.05, 4.69) is 4.72 Å². The van der Waals surface area contributed by atoms with Crippen molar-refractivity contribution in [3.8, 4) is 0 Å². The SMILES string of the molecule is CCC(NS(=O)(=O)C1CCCC1C(=O)OC)C(C)C. The van der Waals surface area contributed by atoms with E-state index in [1.54, 1.807) is 0 Å². The lowest BCUT2D eigenvalue weighted by Crippen LogP contribution is -2.45. The molecule has 112 valence electrons. The molecule has 0 aromatic heterocycles. The molecule has 3 unspecified atom stereocenters. The highest BCUT2D eigenvalue weighted by molar-refractivity contribution is 7.90. The number of rotatable bonds is 6. The molecule has 0 radical (unpaired) electrons. The van der Waals surface area contributed by atoms with Gasteiger partial charge in [0.25, 0.3) is 0 Å². The van der Waals surface area contributed by atoms with Crippen LogP contribution in [0.3, 0.4) is 0 Å². The molecule has 1 saturated carbocycles. The Balaban J connectivity index is 2.84. The lowest BCUT2D eigenvalue weighted by atomic mass is 10.0. The number of nitrogens with one attached hydrogen (secondary N) is 1. The van der Waals surface area contributed by atoms with Crippen LogP contribution in [0.5, 0.6) is 0 Å². The van der Waals surface area contributed by atoms with Crippen molar-refractivity contribution < 1.29 is 17.9 Å². The lowest BCUT2D eigenvalue weighted by molar-refractivity contribution is -0.145. The fourth-order valence-electron chi connectivity index (χ4n) is 2.71. The summed E-state index contributed by atoms with van der Waals surface area (Å²) in [5.41, 5.74) is 0. The average Bonchev–Trinajstić information content (AvgIpc) is 2.84. The van der Waals surface area contributed by atoms with Crippen molar-refractivity contribution >= 4 is 16.0 Å². The van der Waals surface area contributed by atoms with E-state index in [0.29, 0.717) is 12.8 Å². The zero-order valence-electron chi connectivity index (χ0n) is 12.2. The monoisotopic (exact) mass is 291 g/mol. The molecule has 1 aliphatic carbocycles. The van der Waals surface area contributed by atoms with Gasteiger partial charge in [0.1, 0.15) is 0 Å². The van der Waals surface area contributed by atoms with Crippen molar-refractivity contribution in [2.45, 2.75) is 57.7 Å². The summed E-state index contributed by atoms with van der Waals surface area (Å²) >= 11 is 0. The topological polar surface area (TPSA) is 72.5 Å². The highest BCUT2D eigenvalue weighted by Gasteiger charge is 2.42. The third-order valence-electron chi connectivity index (χ3n) is 3.92. The van der Waals surface area contributed by atoms with Crippen LogP contribution in [-0.2, 0) is 19.6 Å². The highest BCUT2D eigenvalue weighted by atomic mass is 32.2. The van der Waals surface area contributed by atoms with Crippen LogP contribution in [0.1, 0.15) is 46.5 Å². The molecule has 5 nitrogen and oxygen atoms in total. The minimum Gasteiger partial charge on any atom is -0.469 e. The number of methoxy groups -OCH3 is 1. The Morgan fingerprint density at radius 2 is 2.00 bits per heavy atom. The number of carbonyl (C=O) groups excluding carboxylic acids is 1. The fraction of sp³-hybridized carbons (Fsp3) is 0.923. The molecule has 1 fully saturated rings. The Labute approximate surface area is 116 Å². The molecule has 0 aromatic rings. The van der Waals surface area contributed by atoms with Crippen LogP contribution in [0.2, 0.25) is 0 Å². The lowest BCUT2D eigenvalue weighted by Gasteiger charge is -2.25. The van der Waals surface area contributed by atoms with Gasteiger partial charge in [-0.25, -0.2) is 13.1 Å². The van der Waals surface area contributed by atoms with E-state index in [0.717, 1.165) is 12.8 Å². The van der Waals surface area contributed by atoms with E-state index in [-0.39, 0.29) is 12.0 Å². The molecule has 1 aliphatic rings. The van der Waals surface area contributed by atoms with Gasteiger partial charge in [0.05, 0.1) is 18.3 Å². The summed E-state index contributed by atoms with van der Waals surface area (Å²) in [4.78, 5) is 11.6. The molecule has 0 aliphatic heterocycles. The second-order valence-electron chi connectivity index (χ2n) is 5.52. The molecule has 0 bridgehead atoms. The predicted molar refractivity (Wildman–Crippen MR) is 74.1 cm³/mol. The maximum atomic E-state index is 12.4. The molecular formula is C13H25NO4S. The summed E-state index contributed by atoms with van der Waals surface area (Å²) < 4.78 is 32.3. The number of hydrogen-bond acceptors (Lipinski definition) is 4. The van der Waals surface area contributed by atoms with Crippen molar-refractivity contribution in [2.75, 3.05) is 7.11 Å². The van der Waals surface area contributed by atoms with Crippen LogP contribution >= 0.6 is 0 Å². The van der Waals surface area contributed by atoms with Gasteiger partial charge in [0, 0.05) is 6.04 Å². The van der Waals surface area contributed by atoms with Crippen molar-refractivity contribution in [1.29, 1.82) is 0 Å². The molecule has 3 atom stereocenters. The second-order valence-corrected chi connectivity index (χ2v) is 7.45. The first kappa shape index (κ1) is 16.4. The predicted octanol–water partition coefficient (Wildman–Crippen LogP) is 1.68. The van der Waals surface area contributed by atoms with Crippen molar-refractivity contribution in [2.24, 2.45) is 11.8 Å². The van der Waals surface area contributed by atoms with E-state index >= 15 is 0 Å². The molecule has 0 heterocycles. The number of esters is 1. The number of sulfonamides is 1. The van der Waals surface area contributed by atoms with Gasteiger partial charge in [0.15, 0.2) is 0 Å². The Hall–Kier alpha value is -0.620. The standard InChI is InChI=1S/C13H25NO4S/c1-5-11(9(2)3)14-19(16,17)12-8-6-7-10(12)13(15)18-4/h9-12,14H,5-8H2,1-4H3. The summed E-state index contributed by atoms with van der Waals surface area (Å²) in [7, 11) is -2.17. The van der Waals surface area contributed by atoms with Crippen LogP contribution in [-0.4, -0.2) is 32.8 Å². The summed E-state index contributed by atoms with van der Waals surface area (Å²) in [6.07, 6.45) is 2.62. The Morgan fingerprint density at radius 3 is 2.47 bits per heavy atom. The van der Waals surface area contributed by atoms with Gasteiger partial charge in [-0.05, 0) is 25.2 Å². The van der Waals surface area contributed by atoms with Crippen LogP contribution in [0.4, 0.5) is 0 Å². The van der Waals surface area contributed by atoms with Crippen LogP contribution in [0.25, 0.3) is 0 Å². The first-order valence-corrected chi connectivity index (χ1v) is 8.47. The van der Waals surface area contributed by atoms with Crippen LogP contribution in [0.15, 0.2) is 0 Å². The molecule has 0 amide bonds. The number of carbonyl (C=O) groups is 1. The molecule has 6 heteroatoms. The molecule has 19 heavy (non-hydrogen) atoms. The van der Waals surface area contributed by atoms with Crippen molar-refractivity contribution in [3.05, 3.63) is 0 Å². The molecular weight excluding hydrogens is 266 g/mol. The second kappa shape index (κ2) is 6.70. The Kier molecular flexibility index (Phi) is 5.80. The molecule has 0 saturated heterocycles. The number of ether oxygens (including phenoxy) is 1. The van der Waals surface area contributed by atoms with E-state index < -0.39 is 27.2 Å². The minimum absolute atomic E-state index is 0.0797. The summed E-state index contributed by atoms with van der Waals surface area (Å²) in [6.45, 7) is 5.94. The zero-order valence-corrected chi connectivity index (χ0v) is 13.0. The first-order chi connectivity index (χ1) is 8.83. The average molecular weight is 291 g/mol. The summed E-state index contributed by atoms with van der Waals surface area (Å²) in [5, 5.41) is -0.646. The number of hydrogen-bond donors (Lipinski definition) is 1. The van der Waals surface area contributed by atoms with Gasteiger partial charge < -0.3 is 4.74 Å². The maximum absolute atomic E-state index is 12.4. The third-order valence-corrected chi connectivity index (χ3v) is 5.91.